The number of pyridine rings is 1. The molecule has 0 aliphatic heterocycles. The van der Waals surface area contributed by atoms with Crippen LogP contribution in [0.3, 0.4) is 0 Å². The molecule has 0 aliphatic rings. The SMILES string of the molecule is N#CCc1c(Br)cnc(C(F)F)c1I. The molecule has 0 atom stereocenters. The molecule has 0 spiro atoms. The maximum absolute atomic E-state index is 12.4. The smallest absolute Gasteiger partial charge is 0.253 e. The summed E-state index contributed by atoms with van der Waals surface area (Å²) in [7, 11) is 0. The molecule has 0 fully saturated rings. The minimum absolute atomic E-state index is 0.0983. The van der Waals surface area contributed by atoms with Gasteiger partial charge in [-0.3, -0.25) is 4.98 Å². The minimum atomic E-state index is -2.60. The average molecular weight is 373 g/mol. The van der Waals surface area contributed by atoms with E-state index in [1.807, 2.05) is 6.07 Å². The molecule has 0 radical (unpaired) electrons. The topological polar surface area (TPSA) is 36.7 Å². The first-order chi connectivity index (χ1) is 6.57. The van der Waals surface area contributed by atoms with Crippen molar-refractivity contribution in [3.63, 3.8) is 0 Å². The van der Waals surface area contributed by atoms with Gasteiger partial charge in [-0.1, -0.05) is 0 Å². The predicted molar refractivity (Wildman–Crippen MR) is 58.9 cm³/mol. The molecule has 74 valence electrons. The number of hydrogen-bond acceptors (Lipinski definition) is 2. The molecule has 1 rings (SSSR count). The summed E-state index contributed by atoms with van der Waals surface area (Å²) in [6.45, 7) is 0. The van der Waals surface area contributed by atoms with Crippen molar-refractivity contribution in [1.29, 1.82) is 5.26 Å². The highest BCUT2D eigenvalue weighted by Gasteiger charge is 2.17. The molecule has 0 unspecified atom stereocenters. The van der Waals surface area contributed by atoms with Crippen molar-refractivity contribution in [2.75, 3.05) is 0 Å². The highest BCUT2D eigenvalue weighted by Crippen LogP contribution is 2.29. The van der Waals surface area contributed by atoms with Gasteiger partial charge in [-0.25, -0.2) is 8.78 Å². The van der Waals surface area contributed by atoms with Crippen molar-refractivity contribution < 1.29 is 8.78 Å². The Morgan fingerprint density at radius 3 is 2.79 bits per heavy atom. The number of aromatic nitrogens is 1. The van der Waals surface area contributed by atoms with Crippen LogP contribution in [0.25, 0.3) is 0 Å². The molecule has 0 saturated carbocycles. The first-order valence-electron chi connectivity index (χ1n) is 3.55. The van der Waals surface area contributed by atoms with Crippen LogP contribution in [0.4, 0.5) is 8.78 Å². The first-order valence-corrected chi connectivity index (χ1v) is 5.43. The Morgan fingerprint density at radius 2 is 2.29 bits per heavy atom. The van der Waals surface area contributed by atoms with Crippen LogP contribution in [-0.4, -0.2) is 4.98 Å². The second kappa shape index (κ2) is 4.98. The Hall–Kier alpha value is -0.290. The van der Waals surface area contributed by atoms with Gasteiger partial charge in [0.15, 0.2) is 0 Å². The van der Waals surface area contributed by atoms with E-state index in [1.54, 1.807) is 22.6 Å². The van der Waals surface area contributed by atoms with E-state index in [2.05, 4.69) is 20.9 Å². The molecule has 0 amide bonds. The van der Waals surface area contributed by atoms with E-state index in [1.165, 1.54) is 6.20 Å². The Bertz CT molecular complexity index is 390. The fraction of sp³-hybridized carbons (Fsp3) is 0.250. The van der Waals surface area contributed by atoms with Crippen molar-refractivity contribution >= 4 is 38.5 Å². The van der Waals surface area contributed by atoms with Gasteiger partial charge in [0, 0.05) is 14.2 Å². The maximum atomic E-state index is 12.4. The molecule has 2 nitrogen and oxygen atoms in total. The lowest BCUT2D eigenvalue weighted by Crippen LogP contribution is -2.00. The Balaban J connectivity index is 3.27. The summed E-state index contributed by atoms with van der Waals surface area (Å²) < 4.78 is 25.8. The molecular formula is C8H4BrF2IN2. The van der Waals surface area contributed by atoms with E-state index in [0.717, 1.165) is 0 Å². The predicted octanol–water partition coefficient (Wildman–Crippen LogP) is 3.45. The zero-order chi connectivity index (χ0) is 10.7. The lowest BCUT2D eigenvalue weighted by Gasteiger charge is -2.07. The summed E-state index contributed by atoms with van der Waals surface area (Å²) >= 11 is 4.95. The second-order valence-corrected chi connectivity index (χ2v) is 4.35. The number of hydrogen-bond donors (Lipinski definition) is 0. The molecule has 0 bridgehead atoms. The van der Waals surface area contributed by atoms with E-state index in [4.69, 9.17) is 5.26 Å². The number of halogens is 4. The normalized spacial score (nSPS) is 10.3. The zero-order valence-electron chi connectivity index (χ0n) is 6.77. The van der Waals surface area contributed by atoms with E-state index in [9.17, 15) is 8.78 Å². The van der Waals surface area contributed by atoms with Gasteiger partial charge < -0.3 is 0 Å². The molecule has 0 aliphatic carbocycles. The summed E-state index contributed by atoms with van der Waals surface area (Å²) in [6, 6.07) is 1.92. The lowest BCUT2D eigenvalue weighted by molar-refractivity contribution is 0.145. The van der Waals surface area contributed by atoms with Crippen molar-refractivity contribution in [2.45, 2.75) is 12.8 Å². The van der Waals surface area contributed by atoms with Crippen LogP contribution in [-0.2, 0) is 6.42 Å². The van der Waals surface area contributed by atoms with Crippen molar-refractivity contribution in [3.05, 3.63) is 25.5 Å². The quantitative estimate of drug-likeness (QED) is 0.745. The van der Waals surface area contributed by atoms with Crippen LogP contribution in [0.2, 0.25) is 0 Å². The van der Waals surface area contributed by atoms with Crippen molar-refractivity contribution in [2.24, 2.45) is 0 Å². The lowest BCUT2D eigenvalue weighted by atomic mass is 10.2. The molecule has 6 heteroatoms. The van der Waals surface area contributed by atoms with Gasteiger partial charge in [0.2, 0.25) is 0 Å². The summed E-state index contributed by atoms with van der Waals surface area (Å²) in [5.41, 5.74) is 0.303. The minimum Gasteiger partial charge on any atom is -0.253 e. The van der Waals surface area contributed by atoms with E-state index in [-0.39, 0.29) is 12.1 Å². The fourth-order valence-corrected chi connectivity index (χ4v) is 2.58. The van der Waals surface area contributed by atoms with Crippen molar-refractivity contribution in [3.8, 4) is 6.07 Å². The molecule has 1 heterocycles. The Labute approximate surface area is 102 Å². The van der Waals surface area contributed by atoms with Gasteiger partial charge in [0.25, 0.3) is 6.43 Å². The third-order valence-corrected chi connectivity index (χ3v) is 3.44. The molecule has 0 N–H and O–H groups in total. The third kappa shape index (κ3) is 2.39. The van der Waals surface area contributed by atoms with Gasteiger partial charge in [-0.2, -0.15) is 5.26 Å². The van der Waals surface area contributed by atoms with Crippen LogP contribution in [0.1, 0.15) is 17.7 Å². The molecule has 0 aromatic carbocycles. The number of rotatable bonds is 2. The second-order valence-electron chi connectivity index (χ2n) is 2.42. The van der Waals surface area contributed by atoms with Crippen molar-refractivity contribution in [1.82, 2.24) is 4.98 Å². The molecule has 1 aromatic rings. The number of nitriles is 1. The van der Waals surface area contributed by atoms with Gasteiger partial charge >= 0.3 is 0 Å². The summed E-state index contributed by atoms with van der Waals surface area (Å²) in [4.78, 5) is 3.61. The summed E-state index contributed by atoms with van der Waals surface area (Å²) in [5.74, 6) is 0. The van der Waals surface area contributed by atoms with Crippen LogP contribution in [0.15, 0.2) is 10.7 Å². The van der Waals surface area contributed by atoms with Gasteiger partial charge in [-0.05, 0) is 44.1 Å². The largest absolute Gasteiger partial charge is 0.281 e. The molecule has 0 saturated heterocycles. The Morgan fingerprint density at radius 1 is 1.64 bits per heavy atom. The van der Waals surface area contributed by atoms with E-state index < -0.39 is 6.43 Å². The maximum Gasteiger partial charge on any atom is 0.281 e. The summed E-state index contributed by atoms with van der Waals surface area (Å²) in [6.07, 6.45) is -1.20. The van der Waals surface area contributed by atoms with Crippen LogP contribution in [0.5, 0.6) is 0 Å². The van der Waals surface area contributed by atoms with E-state index in [0.29, 0.717) is 13.6 Å². The highest BCUT2D eigenvalue weighted by molar-refractivity contribution is 14.1. The van der Waals surface area contributed by atoms with Gasteiger partial charge in [-0.15, -0.1) is 0 Å². The standard InChI is InChI=1S/C8H4BrF2IN2/c9-5-3-14-7(8(10)11)6(12)4(5)1-2-13/h3,8H,1H2. The monoisotopic (exact) mass is 372 g/mol. The fourth-order valence-electron chi connectivity index (χ4n) is 0.913. The third-order valence-electron chi connectivity index (χ3n) is 1.56. The van der Waals surface area contributed by atoms with E-state index >= 15 is 0 Å². The molecular weight excluding hydrogens is 369 g/mol. The van der Waals surface area contributed by atoms with Crippen LogP contribution < -0.4 is 0 Å². The molecule has 1 aromatic heterocycles. The first kappa shape index (κ1) is 11.8. The van der Waals surface area contributed by atoms with Gasteiger partial charge in [0.05, 0.1) is 12.5 Å². The van der Waals surface area contributed by atoms with Gasteiger partial charge in [0.1, 0.15) is 5.69 Å². The number of nitrogens with zero attached hydrogens (tertiary/aromatic N) is 2. The average Bonchev–Trinajstić information content (AvgIpc) is 2.11. The summed E-state index contributed by atoms with van der Waals surface area (Å²) in [5, 5.41) is 8.52. The van der Waals surface area contributed by atoms with Crippen LogP contribution in [0, 0.1) is 14.9 Å². The zero-order valence-corrected chi connectivity index (χ0v) is 10.5. The van der Waals surface area contributed by atoms with Crippen LogP contribution >= 0.6 is 38.5 Å². The highest BCUT2D eigenvalue weighted by atomic mass is 127. The molecule has 14 heavy (non-hydrogen) atoms. The Kier molecular flexibility index (Phi) is 4.19. The number of alkyl halides is 2.